The van der Waals surface area contributed by atoms with E-state index in [0.29, 0.717) is 0 Å². The molecule has 0 bridgehead atoms. The second kappa shape index (κ2) is 7.46. The van der Waals surface area contributed by atoms with Crippen molar-refractivity contribution in [3.63, 3.8) is 0 Å². The van der Waals surface area contributed by atoms with Crippen molar-refractivity contribution >= 4 is 0 Å². The van der Waals surface area contributed by atoms with Gasteiger partial charge in [-0.2, -0.15) is 0 Å². The lowest BCUT2D eigenvalue weighted by Crippen LogP contribution is -2.45. The SMILES string of the molecule is CCC(O)(CC)CN1CCC(CCN(C)C)CC1. The average Bonchev–Trinajstić information content (AvgIpc) is 2.37. The number of piperidine rings is 1. The molecule has 0 aromatic carbocycles. The molecule has 108 valence electrons. The Bertz CT molecular complexity index is 219. The fraction of sp³-hybridized carbons (Fsp3) is 1.00. The summed E-state index contributed by atoms with van der Waals surface area (Å²) in [4.78, 5) is 4.73. The van der Waals surface area contributed by atoms with Gasteiger partial charge in [-0.25, -0.2) is 0 Å². The van der Waals surface area contributed by atoms with E-state index in [1.807, 2.05) is 0 Å². The Labute approximate surface area is 113 Å². The van der Waals surface area contributed by atoms with Crippen LogP contribution in [0.4, 0.5) is 0 Å². The predicted octanol–water partition coefficient (Wildman–Crippen LogP) is 2.20. The van der Waals surface area contributed by atoms with Crippen molar-refractivity contribution in [1.82, 2.24) is 9.80 Å². The molecule has 0 aromatic heterocycles. The number of nitrogens with zero attached hydrogens (tertiary/aromatic N) is 2. The lowest BCUT2D eigenvalue weighted by Gasteiger charge is -2.37. The van der Waals surface area contributed by atoms with Crippen LogP contribution in [0, 0.1) is 5.92 Å². The predicted molar refractivity (Wildman–Crippen MR) is 77.9 cm³/mol. The zero-order chi connectivity index (χ0) is 13.6. The van der Waals surface area contributed by atoms with Crippen molar-refractivity contribution in [3.8, 4) is 0 Å². The van der Waals surface area contributed by atoms with Crippen molar-refractivity contribution in [1.29, 1.82) is 0 Å². The van der Waals surface area contributed by atoms with Crippen LogP contribution < -0.4 is 0 Å². The number of hydrogen-bond acceptors (Lipinski definition) is 3. The molecule has 0 atom stereocenters. The van der Waals surface area contributed by atoms with E-state index >= 15 is 0 Å². The first kappa shape index (κ1) is 15.9. The van der Waals surface area contributed by atoms with Gasteiger partial charge in [0.1, 0.15) is 0 Å². The third-order valence-electron chi connectivity index (χ3n) is 4.53. The molecule has 1 aliphatic rings. The minimum absolute atomic E-state index is 0.462. The van der Waals surface area contributed by atoms with Gasteiger partial charge in [0.2, 0.25) is 0 Å². The molecule has 0 aliphatic carbocycles. The highest BCUT2D eigenvalue weighted by molar-refractivity contribution is 4.82. The second-order valence-electron chi connectivity index (χ2n) is 6.24. The van der Waals surface area contributed by atoms with Crippen LogP contribution in [0.2, 0.25) is 0 Å². The topological polar surface area (TPSA) is 26.7 Å². The lowest BCUT2D eigenvalue weighted by molar-refractivity contribution is -0.0120. The Morgan fingerprint density at radius 3 is 2.17 bits per heavy atom. The molecule has 0 aromatic rings. The quantitative estimate of drug-likeness (QED) is 0.756. The van der Waals surface area contributed by atoms with Gasteiger partial charge in [0.15, 0.2) is 0 Å². The molecule has 0 radical (unpaired) electrons. The molecule has 1 aliphatic heterocycles. The van der Waals surface area contributed by atoms with Gasteiger partial charge < -0.3 is 14.9 Å². The molecule has 3 nitrogen and oxygen atoms in total. The summed E-state index contributed by atoms with van der Waals surface area (Å²) in [5.74, 6) is 0.889. The van der Waals surface area contributed by atoms with Crippen molar-refractivity contribution < 1.29 is 5.11 Å². The van der Waals surface area contributed by atoms with Crippen LogP contribution in [0.3, 0.4) is 0 Å². The number of β-amino-alcohol motifs (C(OH)–C–C–N with tert-alkyl or cyclic N) is 1. The summed E-state index contributed by atoms with van der Waals surface area (Å²) < 4.78 is 0. The van der Waals surface area contributed by atoms with Crippen LogP contribution in [0.15, 0.2) is 0 Å². The first-order chi connectivity index (χ1) is 8.49. The van der Waals surface area contributed by atoms with Gasteiger partial charge in [0, 0.05) is 6.54 Å². The van der Waals surface area contributed by atoms with Crippen LogP contribution in [-0.2, 0) is 0 Å². The molecule has 1 saturated heterocycles. The first-order valence-electron chi connectivity index (χ1n) is 7.58. The highest BCUT2D eigenvalue weighted by atomic mass is 16.3. The van der Waals surface area contributed by atoms with Crippen LogP contribution in [0.5, 0.6) is 0 Å². The molecule has 0 unspecified atom stereocenters. The van der Waals surface area contributed by atoms with Crippen molar-refractivity contribution in [2.45, 2.75) is 51.6 Å². The Balaban J connectivity index is 2.26. The molecule has 1 fully saturated rings. The lowest BCUT2D eigenvalue weighted by atomic mass is 9.91. The standard InChI is InChI=1S/C15H32N2O/c1-5-15(18,6-2)13-17-11-8-14(9-12-17)7-10-16(3)4/h14,18H,5-13H2,1-4H3. The van der Waals surface area contributed by atoms with Gasteiger partial charge in [-0.1, -0.05) is 13.8 Å². The molecular weight excluding hydrogens is 224 g/mol. The van der Waals surface area contributed by atoms with Gasteiger partial charge in [-0.05, 0) is 71.8 Å². The van der Waals surface area contributed by atoms with Crippen molar-refractivity contribution in [2.75, 3.05) is 40.3 Å². The van der Waals surface area contributed by atoms with Crippen LogP contribution >= 0.6 is 0 Å². The first-order valence-corrected chi connectivity index (χ1v) is 7.58. The Morgan fingerprint density at radius 2 is 1.72 bits per heavy atom. The summed E-state index contributed by atoms with van der Waals surface area (Å²) in [6, 6.07) is 0. The van der Waals surface area contributed by atoms with Gasteiger partial charge in [-0.15, -0.1) is 0 Å². The smallest absolute Gasteiger partial charge is 0.0768 e. The minimum atomic E-state index is -0.462. The van der Waals surface area contributed by atoms with E-state index < -0.39 is 5.60 Å². The van der Waals surface area contributed by atoms with E-state index in [0.717, 1.165) is 25.3 Å². The summed E-state index contributed by atoms with van der Waals surface area (Å²) >= 11 is 0. The Hall–Kier alpha value is -0.120. The van der Waals surface area contributed by atoms with E-state index in [4.69, 9.17) is 0 Å². The number of rotatable bonds is 7. The van der Waals surface area contributed by atoms with Crippen LogP contribution in [-0.4, -0.2) is 60.8 Å². The van der Waals surface area contributed by atoms with Crippen LogP contribution in [0.25, 0.3) is 0 Å². The van der Waals surface area contributed by atoms with E-state index in [1.54, 1.807) is 0 Å². The van der Waals surface area contributed by atoms with Crippen molar-refractivity contribution in [3.05, 3.63) is 0 Å². The summed E-state index contributed by atoms with van der Waals surface area (Å²) in [7, 11) is 4.30. The fourth-order valence-electron chi connectivity index (χ4n) is 2.76. The zero-order valence-electron chi connectivity index (χ0n) is 12.8. The third-order valence-corrected chi connectivity index (χ3v) is 4.53. The Kier molecular flexibility index (Phi) is 6.61. The number of hydrogen-bond donors (Lipinski definition) is 1. The van der Waals surface area contributed by atoms with Gasteiger partial charge in [-0.3, -0.25) is 0 Å². The molecule has 1 heterocycles. The number of aliphatic hydroxyl groups is 1. The fourth-order valence-corrected chi connectivity index (χ4v) is 2.76. The van der Waals surface area contributed by atoms with E-state index in [-0.39, 0.29) is 0 Å². The third kappa shape index (κ3) is 5.25. The summed E-state index contributed by atoms with van der Waals surface area (Å²) in [5, 5.41) is 10.4. The van der Waals surface area contributed by atoms with E-state index in [1.165, 1.54) is 38.9 Å². The molecule has 0 saturated carbocycles. The van der Waals surface area contributed by atoms with Gasteiger partial charge in [0.25, 0.3) is 0 Å². The second-order valence-corrected chi connectivity index (χ2v) is 6.24. The number of likely N-dealkylation sites (tertiary alicyclic amines) is 1. The molecule has 0 spiro atoms. The van der Waals surface area contributed by atoms with Gasteiger partial charge >= 0.3 is 0 Å². The molecule has 0 amide bonds. The summed E-state index contributed by atoms with van der Waals surface area (Å²) in [6.07, 6.45) is 5.66. The van der Waals surface area contributed by atoms with E-state index in [9.17, 15) is 5.11 Å². The largest absolute Gasteiger partial charge is 0.389 e. The average molecular weight is 256 g/mol. The van der Waals surface area contributed by atoms with E-state index in [2.05, 4.69) is 37.7 Å². The molecule has 1 rings (SSSR count). The minimum Gasteiger partial charge on any atom is -0.389 e. The molecule has 18 heavy (non-hydrogen) atoms. The zero-order valence-corrected chi connectivity index (χ0v) is 12.8. The normalized spacial score (nSPS) is 19.7. The summed E-state index contributed by atoms with van der Waals surface area (Å²) in [5.41, 5.74) is -0.462. The summed E-state index contributed by atoms with van der Waals surface area (Å²) in [6.45, 7) is 8.58. The molecule has 1 N–H and O–H groups in total. The highest BCUT2D eigenvalue weighted by Gasteiger charge is 2.28. The maximum absolute atomic E-state index is 10.4. The Morgan fingerprint density at radius 1 is 1.17 bits per heavy atom. The molecule has 3 heteroatoms. The van der Waals surface area contributed by atoms with Gasteiger partial charge in [0.05, 0.1) is 5.60 Å². The maximum Gasteiger partial charge on any atom is 0.0768 e. The molecular formula is C15H32N2O. The van der Waals surface area contributed by atoms with Crippen molar-refractivity contribution in [2.24, 2.45) is 5.92 Å². The monoisotopic (exact) mass is 256 g/mol. The van der Waals surface area contributed by atoms with Crippen LogP contribution in [0.1, 0.15) is 46.0 Å². The maximum atomic E-state index is 10.4. The highest BCUT2D eigenvalue weighted by Crippen LogP contribution is 2.24.